The molecular formula is C24H33N3O. The highest BCUT2D eigenvalue weighted by Gasteiger charge is 2.28. The van der Waals surface area contributed by atoms with E-state index >= 15 is 0 Å². The molecule has 1 heterocycles. The van der Waals surface area contributed by atoms with Crippen LogP contribution in [0.5, 0.6) is 0 Å². The van der Waals surface area contributed by atoms with Crippen molar-refractivity contribution >= 4 is 6.03 Å². The molecule has 1 unspecified atom stereocenters. The Balaban J connectivity index is 1.76. The van der Waals surface area contributed by atoms with Crippen LogP contribution in [0, 0.1) is 13.8 Å². The van der Waals surface area contributed by atoms with E-state index in [9.17, 15) is 4.79 Å². The van der Waals surface area contributed by atoms with Gasteiger partial charge in [0.25, 0.3) is 0 Å². The molecule has 2 aromatic rings. The Morgan fingerprint density at radius 2 is 1.75 bits per heavy atom. The minimum Gasteiger partial charge on any atom is -0.338 e. The predicted molar refractivity (Wildman–Crippen MR) is 116 cm³/mol. The van der Waals surface area contributed by atoms with Crippen molar-refractivity contribution in [2.75, 3.05) is 32.7 Å². The van der Waals surface area contributed by atoms with Gasteiger partial charge < -0.3 is 10.2 Å². The van der Waals surface area contributed by atoms with E-state index in [4.69, 9.17) is 0 Å². The third kappa shape index (κ3) is 4.93. The minimum atomic E-state index is 0.0797. The van der Waals surface area contributed by atoms with E-state index < -0.39 is 0 Å². The van der Waals surface area contributed by atoms with Gasteiger partial charge in [-0.3, -0.25) is 4.90 Å². The van der Waals surface area contributed by atoms with Crippen LogP contribution >= 0.6 is 0 Å². The number of nitrogens with one attached hydrogen (secondary N) is 1. The zero-order valence-corrected chi connectivity index (χ0v) is 17.4. The average molecular weight is 380 g/mol. The smallest absolute Gasteiger partial charge is 0.317 e. The van der Waals surface area contributed by atoms with Gasteiger partial charge in [-0.25, -0.2) is 4.79 Å². The maximum atomic E-state index is 12.4. The molecule has 0 aromatic heterocycles. The molecule has 150 valence electrons. The SMILES string of the molecule is CCCCNC(=O)N1CCN(C(c2ccccc2)c2cc(C)ccc2C)CC1. The molecule has 4 heteroatoms. The molecular weight excluding hydrogens is 346 g/mol. The summed E-state index contributed by atoms with van der Waals surface area (Å²) in [6.45, 7) is 10.6. The third-order valence-electron chi connectivity index (χ3n) is 5.62. The Hall–Kier alpha value is -2.33. The van der Waals surface area contributed by atoms with E-state index in [0.29, 0.717) is 0 Å². The Kier molecular flexibility index (Phi) is 7.10. The molecule has 1 fully saturated rings. The van der Waals surface area contributed by atoms with Crippen molar-refractivity contribution in [3.8, 4) is 0 Å². The van der Waals surface area contributed by atoms with Crippen molar-refractivity contribution in [3.05, 3.63) is 70.8 Å². The topological polar surface area (TPSA) is 35.6 Å². The quantitative estimate of drug-likeness (QED) is 0.749. The second-order valence-electron chi connectivity index (χ2n) is 7.78. The molecule has 1 aliphatic rings. The molecule has 1 N–H and O–H groups in total. The summed E-state index contributed by atoms with van der Waals surface area (Å²) in [4.78, 5) is 16.9. The number of benzene rings is 2. The Labute approximate surface area is 169 Å². The molecule has 0 radical (unpaired) electrons. The standard InChI is InChI=1S/C24H33N3O/c1-4-5-13-25-24(28)27-16-14-26(15-17-27)23(21-9-7-6-8-10-21)22-18-19(2)11-12-20(22)3/h6-12,18,23H,4-5,13-17H2,1-3H3,(H,25,28). The number of carbonyl (C=O) groups excluding carboxylic acids is 1. The van der Waals surface area contributed by atoms with Crippen LogP contribution in [-0.4, -0.2) is 48.6 Å². The highest BCUT2D eigenvalue weighted by molar-refractivity contribution is 5.74. The van der Waals surface area contributed by atoms with Crippen LogP contribution in [0.3, 0.4) is 0 Å². The lowest BCUT2D eigenvalue weighted by Gasteiger charge is -2.40. The molecule has 0 aliphatic carbocycles. The van der Waals surface area contributed by atoms with E-state index in [0.717, 1.165) is 45.6 Å². The summed E-state index contributed by atoms with van der Waals surface area (Å²) < 4.78 is 0. The number of urea groups is 1. The predicted octanol–water partition coefficient (Wildman–Crippen LogP) is 4.52. The van der Waals surface area contributed by atoms with E-state index in [1.807, 2.05) is 4.90 Å². The molecule has 0 bridgehead atoms. The fourth-order valence-electron chi connectivity index (χ4n) is 3.94. The number of carbonyl (C=O) groups is 1. The first-order valence-corrected chi connectivity index (χ1v) is 10.5. The summed E-state index contributed by atoms with van der Waals surface area (Å²) in [5, 5.41) is 3.05. The fourth-order valence-corrected chi connectivity index (χ4v) is 3.94. The Morgan fingerprint density at radius 1 is 1.04 bits per heavy atom. The second-order valence-corrected chi connectivity index (χ2v) is 7.78. The van der Waals surface area contributed by atoms with Gasteiger partial charge >= 0.3 is 6.03 Å². The number of aryl methyl sites for hydroxylation is 2. The van der Waals surface area contributed by atoms with E-state index in [1.165, 1.54) is 22.3 Å². The minimum absolute atomic E-state index is 0.0797. The van der Waals surface area contributed by atoms with Crippen LogP contribution in [0.2, 0.25) is 0 Å². The van der Waals surface area contributed by atoms with Crippen molar-refractivity contribution < 1.29 is 4.79 Å². The average Bonchev–Trinajstić information content (AvgIpc) is 2.72. The molecule has 1 saturated heterocycles. The Bertz CT molecular complexity index is 767. The maximum absolute atomic E-state index is 12.4. The van der Waals surface area contributed by atoms with Gasteiger partial charge in [0.1, 0.15) is 0 Å². The van der Waals surface area contributed by atoms with E-state index in [2.05, 4.69) is 79.5 Å². The first kappa shape index (κ1) is 20.4. The largest absolute Gasteiger partial charge is 0.338 e. The summed E-state index contributed by atoms with van der Waals surface area (Å²) in [7, 11) is 0. The molecule has 0 saturated carbocycles. The first-order chi connectivity index (χ1) is 13.6. The summed E-state index contributed by atoms with van der Waals surface area (Å²) in [5.74, 6) is 0. The van der Waals surface area contributed by atoms with Gasteiger partial charge in [0.2, 0.25) is 0 Å². The van der Waals surface area contributed by atoms with Crippen molar-refractivity contribution in [1.82, 2.24) is 15.1 Å². The summed E-state index contributed by atoms with van der Waals surface area (Å²) in [6.07, 6.45) is 2.14. The Morgan fingerprint density at radius 3 is 2.43 bits per heavy atom. The highest BCUT2D eigenvalue weighted by Crippen LogP contribution is 2.32. The molecule has 1 atom stereocenters. The number of rotatable bonds is 6. The van der Waals surface area contributed by atoms with Crippen LogP contribution in [0.1, 0.15) is 48.1 Å². The summed E-state index contributed by atoms with van der Waals surface area (Å²) in [5.41, 5.74) is 5.29. The number of hydrogen-bond acceptors (Lipinski definition) is 2. The zero-order valence-electron chi connectivity index (χ0n) is 17.4. The van der Waals surface area contributed by atoms with Crippen LogP contribution in [-0.2, 0) is 0 Å². The number of unbranched alkanes of at least 4 members (excludes halogenated alkanes) is 1. The van der Waals surface area contributed by atoms with Crippen molar-refractivity contribution in [2.45, 2.75) is 39.7 Å². The van der Waals surface area contributed by atoms with Crippen LogP contribution in [0.4, 0.5) is 4.79 Å². The third-order valence-corrected chi connectivity index (χ3v) is 5.62. The molecule has 0 spiro atoms. The van der Waals surface area contributed by atoms with E-state index in [-0.39, 0.29) is 12.1 Å². The van der Waals surface area contributed by atoms with Gasteiger partial charge in [-0.1, -0.05) is 67.4 Å². The lowest BCUT2D eigenvalue weighted by molar-refractivity contribution is 0.120. The van der Waals surface area contributed by atoms with Crippen molar-refractivity contribution in [1.29, 1.82) is 0 Å². The van der Waals surface area contributed by atoms with Crippen LogP contribution in [0.25, 0.3) is 0 Å². The fraction of sp³-hybridized carbons (Fsp3) is 0.458. The van der Waals surface area contributed by atoms with Crippen molar-refractivity contribution in [2.24, 2.45) is 0 Å². The lowest BCUT2D eigenvalue weighted by Crippen LogP contribution is -2.52. The van der Waals surface area contributed by atoms with E-state index in [1.54, 1.807) is 0 Å². The monoisotopic (exact) mass is 379 g/mol. The van der Waals surface area contributed by atoms with Gasteiger partial charge in [0.05, 0.1) is 6.04 Å². The lowest BCUT2D eigenvalue weighted by atomic mass is 9.92. The van der Waals surface area contributed by atoms with Crippen LogP contribution < -0.4 is 5.32 Å². The second kappa shape index (κ2) is 9.74. The van der Waals surface area contributed by atoms with Gasteiger partial charge in [-0.2, -0.15) is 0 Å². The normalized spacial score (nSPS) is 16.0. The maximum Gasteiger partial charge on any atom is 0.317 e. The molecule has 4 nitrogen and oxygen atoms in total. The zero-order chi connectivity index (χ0) is 19.9. The van der Waals surface area contributed by atoms with Gasteiger partial charge in [-0.15, -0.1) is 0 Å². The number of piperazine rings is 1. The molecule has 3 rings (SSSR count). The van der Waals surface area contributed by atoms with Gasteiger partial charge in [0.15, 0.2) is 0 Å². The number of amides is 2. The summed E-state index contributed by atoms with van der Waals surface area (Å²) in [6, 6.07) is 17.8. The number of nitrogens with zero attached hydrogens (tertiary/aromatic N) is 2. The van der Waals surface area contributed by atoms with Gasteiger partial charge in [0, 0.05) is 32.7 Å². The van der Waals surface area contributed by atoms with Gasteiger partial charge in [-0.05, 0) is 37.0 Å². The highest BCUT2D eigenvalue weighted by atomic mass is 16.2. The van der Waals surface area contributed by atoms with Crippen LogP contribution in [0.15, 0.2) is 48.5 Å². The molecule has 2 amide bonds. The van der Waals surface area contributed by atoms with Crippen molar-refractivity contribution in [3.63, 3.8) is 0 Å². The summed E-state index contributed by atoms with van der Waals surface area (Å²) >= 11 is 0. The molecule has 2 aromatic carbocycles. The molecule has 1 aliphatic heterocycles. The number of hydrogen-bond donors (Lipinski definition) is 1. The molecule has 28 heavy (non-hydrogen) atoms. The first-order valence-electron chi connectivity index (χ1n) is 10.5.